The highest BCUT2D eigenvalue weighted by Crippen LogP contribution is 2.14. The Bertz CT molecular complexity index is 857. The van der Waals surface area contributed by atoms with Crippen LogP contribution in [0, 0.1) is 6.92 Å². The molecule has 2 aromatic heterocycles. The Morgan fingerprint density at radius 1 is 1.29 bits per heavy atom. The fourth-order valence-corrected chi connectivity index (χ4v) is 2.45. The molecule has 0 radical (unpaired) electrons. The van der Waals surface area contributed by atoms with Crippen molar-refractivity contribution in [2.45, 2.75) is 26.3 Å². The number of benzene rings is 1. The molecular weight excluding hydrogens is 306 g/mol. The van der Waals surface area contributed by atoms with E-state index in [4.69, 9.17) is 0 Å². The molecular formula is C17H19N5O2. The number of hydrogen-bond acceptors (Lipinski definition) is 5. The SMILES string of the molecule is CCc1ccc(C(CO)NC(=O)c2nc3nccc(C)n3n2)cc1. The van der Waals surface area contributed by atoms with Gasteiger partial charge < -0.3 is 10.4 Å². The van der Waals surface area contributed by atoms with Crippen LogP contribution in [0.5, 0.6) is 0 Å². The third-order valence-electron chi connectivity index (χ3n) is 3.91. The summed E-state index contributed by atoms with van der Waals surface area (Å²) in [5, 5.41) is 16.5. The summed E-state index contributed by atoms with van der Waals surface area (Å²) in [6, 6.07) is 9.06. The molecule has 124 valence electrons. The van der Waals surface area contributed by atoms with Gasteiger partial charge in [-0.2, -0.15) is 4.98 Å². The summed E-state index contributed by atoms with van der Waals surface area (Å²) >= 11 is 0. The van der Waals surface area contributed by atoms with E-state index in [0.29, 0.717) is 5.78 Å². The number of carbonyl (C=O) groups excluding carboxylic acids is 1. The normalized spacial score (nSPS) is 12.3. The highest BCUT2D eigenvalue weighted by atomic mass is 16.3. The Labute approximate surface area is 139 Å². The number of carbonyl (C=O) groups is 1. The molecule has 0 aliphatic carbocycles. The summed E-state index contributed by atoms with van der Waals surface area (Å²) in [5.74, 6) is -0.0491. The lowest BCUT2D eigenvalue weighted by Crippen LogP contribution is -2.31. The third kappa shape index (κ3) is 3.11. The first-order valence-corrected chi connectivity index (χ1v) is 7.81. The van der Waals surface area contributed by atoms with Gasteiger partial charge in [0.05, 0.1) is 12.6 Å². The van der Waals surface area contributed by atoms with Gasteiger partial charge in [-0.25, -0.2) is 9.50 Å². The second kappa shape index (κ2) is 6.76. The topological polar surface area (TPSA) is 92.4 Å². The maximum atomic E-state index is 12.4. The minimum atomic E-state index is -0.510. The second-order valence-corrected chi connectivity index (χ2v) is 5.54. The molecule has 3 aromatic rings. The van der Waals surface area contributed by atoms with Crippen LogP contribution in [0.1, 0.15) is 40.4 Å². The average molecular weight is 325 g/mol. The maximum absolute atomic E-state index is 12.4. The number of amides is 1. The van der Waals surface area contributed by atoms with Gasteiger partial charge in [0.25, 0.3) is 11.7 Å². The van der Waals surface area contributed by atoms with Gasteiger partial charge in [-0.05, 0) is 30.5 Å². The highest BCUT2D eigenvalue weighted by Gasteiger charge is 2.19. The molecule has 7 heteroatoms. The van der Waals surface area contributed by atoms with Gasteiger partial charge >= 0.3 is 0 Å². The van der Waals surface area contributed by atoms with Crippen LogP contribution in [-0.2, 0) is 6.42 Å². The van der Waals surface area contributed by atoms with Crippen molar-refractivity contribution in [1.82, 2.24) is 24.9 Å². The Hall–Kier alpha value is -2.80. The summed E-state index contributed by atoms with van der Waals surface area (Å²) in [6.45, 7) is 3.73. The number of aromatic nitrogens is 4. The number of nitrogens with one attached hydrogen (secondary N) is 1. The zero-order valence-electron chi connectivity index (χ0n) is 13.6. The molecule has 0 saturated carbocycles. The Morgan fingerprint density at radius 3 is 2.67 bits per heavy atom. The third-order valence-corrected chi connectivity index (χ3v) is 3.91. The lowest BCUT2D eigenvalue weighted by atomic mass is 10.0. The molecule has 0 aliphatic rings. The first-order valence-electron chi connectivity index (χ1n) is 7.81. The molecule has 0 spiro atoms. The largest absolute Gasteiger partial charge is 0.394 e. The Kier molecular flexibility index (Phi) is 4.52. The van der Waals surface area contributed by atoms with Gasteiger partial charge in [0, 0.05) is 11.9 Å². The van der Waals surface area contributed by atoms with Gasteiger partial charge in [0.15, 0.2) is 0 Å². The van der Waals surface area contributed by atoms with Crippen molar-refractivity contribution in [2.75, 3.05) is 6.61 Å². The van der Waals surface area contributed by atoms with E-state index in [1.165, 1.54) is 10.1 Å². The fraction of sp³-hybridized carbons (Fsp3) is 0.294. The summed E-state index contributed by atoms with van der Waals surface area (Å²) in [7, 11) is 0. The van der Waals surface area contributed by atoms with E-state index in [0.717, 1.165) is 17.7 Å². The average Bonchev–Trinajstić information content (AvgIpc) is 3.05. The molecule has 2 N–H and O–H groups in total. The molecule has 7 nitrogen and oxygen atoms in total. The minimum absolute atomic E-state index is 0.0282. The monoisotopic (exact) mass is 325 g/mol. The van der Waals surface area contributed by atoms with Crippen LogP contribution in [0.15, 0.2) is 36.5 Å². The molecule has 1 amide bonds. The number of rotatable bonds is 5. The van der Waals surface area contributed by atoms with Gasteiger partial charge in [-0.1, -0.05) is 31.2 Å². The molecule has 24 heavy (non-hydrogen) atoms. The summed E-state index contributed by atoms with van der Waals surface area (Å²) < 4.78 is 1.51. The lowest BCUT2D eigenvalue weighted by molar-refractivity contribution is 0.0906. The van der Waals surface area contributed by atoms with Crippen molar-refractivity contribution in [3.63, 3.8) is 0 Å². The number of fused-ring (bicyclic) bond motifs is 1. The van der Waals surface area contributed by atoms with Crippen molar-refractivity contribution < 1.29 is 9.90 Å². The molecule has 3 rings (SSSR count). The number of aryl methyl sites for hydroxylation is 2. The van der Waals surface area contributed by atoms with Crippen molar-refractivity contribution >= 4 is 11.7 Å². The van der Waals surface area contributed by atoms with E-state index in [1.54, 1.807) is 12.3 Å². The van der Waals surface area contributed by atoms with E-state index < -0.39 is 11.9 Å². The smallest absolute Gasteiger partial charge is 0.291 e. The predicted molar refractivity (Wildman–Crippen MR) is 88.6 cm³/mol. The van der Waals surface area contributed by atoms with Crippen LogP contribution in [0.25, 0.3) is 5.78 Å². The van der Waals surface area contributed by atoms with Gasteiger partial charge in [-0.3, -0.25) is 4.79 Å². The van der Waals surface area contributed by atoms with Crippen LogP contribution in [0.2, 0.25) is 0 Å². The highest BCUT2D eigenvalue weighted by molar-refractivity contribution is 5.91. The van der Waals surface area contributed by atoms with Crippen LogP contribution >= 0.6 is 0 Å². The molecule has 1 unspecified atom stereocenters. The van der Waals surface area contributed by atoms with Gasteiger partial charge in [0.1, 0.15) is 0 Å². The van der Waals surface area contributed by atoms with Crippen LogP contribution in [-0.4, -0.2) is 37.2 Å². The molecule has 1 aromatic carbocycles. The van der Waals surface area contributed by atoms with Crippen molar-refractivity contribution in [1.29, 1.82) is 0 Å². The van der Waals surface area contributed by atoms with Gasteiger partial charge in [-0.15, -0.1) is 5.10 Å². The predicted octanol–water partition coefficient (Wildman–Crippen LogP) is 1.46. The number of hydrogen-bond donors (Lipinski definition) is 2. The van der Waals surface area contributed by atoms with Crippen molar-refractivity contribution in [2.24, 2.45) is 0 Å². The summed E-state index contributed by atoms with van der Waals surface area (Å²) in [5.41, 5.74) is 2.87. The van der Waals surface area contributed by atoms with E-state index >= 15 is 0 Å². The second-order valence-electron chi connectivity index (χ2n) is 5.54. The lowest BCUT2D eigenvalue weighted by Gasteiger charge is -2.16. The Morgan fingerprint density at radius 2 is 2.04 bits per heavy atom. The quantitative estimate of drug-likeness (QED) is 0.741. The van der Waals surface area contributed by atoms with Crippen LogP contribution in [0.4, 0.5) is 0 Å². The first-order chi connectivity index (χ1) is 11.6. The summed E-state index contributed by atoms with van der Waals surface area (Å²) in [6.07, 6.45) is 2.56. The minimum Gasteiger partial charge on any atom is -0.394 e. The van der Waals surface area contributed by atoms with E-state index in [-0.39, 0.29) is 12.4 Å². The van der Waals surface area contributed by atoms with Crippen molar-refractivity contribution in [3.8, 4) is 0 Å². The molecule has 2 heterocycles. The number of nitrogens with zero attached hydrogens (tertiary/aromatic N) is 4. The Balaban J connectivity index is 1.81. The molecule has 0 saturated heterocycles. The number of aliphatic hydroxyl groups excluding tert-OH is 1. The zero-order valence-corrected chi connectivity index (χ0v) is 13.6. The molecule has 1 atom stereocenters. The number of aliphatic hydroxyl groups is 1. The summed E-state index contributed by atoms with van der Waals surface area (Å²) in [4.78, 5) is 20.6. The molecule has 0 bridgehead atoms. The zero-order chi connectivity index (χ0) is 17.1. The molecule has 0 fully saturated rings. The van der Waals surface area contributed by atoms with E-state index in [1.807, 2.05) is 31.2 Å². The molecule has 0 aliphatic heterocycles. The first kappa shape index (κ1) is 16.1. The van der Waals surface area contributed by atoms with Crippen molar-refractivity contribution in [3.05, 3.63) is 59.2 Å². The van der Waals surface area contributed by atoms with E-state index in [2.05, 4.69) is 27.3 Å². The van der Waals surface area contributed by atoms with Crippen LogP contribution < -0.4 is 5.32 Å². The standard InChI is InChI=1S/C17H19N5O2/c1-3-12-4-6-13(7-5-12)14(10-23)19-16(24)15-20-17-18-9-8-11(2)22(17)21-15/h4-9,14,23H,3,10H2,1-2H3,(H,19,24). The maximum Gasteiger partial charge on any atom is 0.291 e. The fourth-order valence-electron chi connectivity index (χ4n) is 2.45. The van der Waals surface area contributed by atoms with E-state index in [9.17, 15) is 9.90 Å². The van der Waals surface area contributed by atoms with Gasteiger partial charge in [0.2, 0.25) is 5.82 Å². The van der Waals surface area contributed by atoms with Crippen LogP contribution in [0.3, 0.4) is 0 Å².